The minimum absolute atomic E-state index is 0.125. The van der Waals surface area contributed by atoms with E-state index in [1.807, 2.05) is 6.92 Å². The molecule has 0 aromatic heterocycles. The minimum Gasteiger partial charge on any atom is -0.381 e. The van der Waals surface area contributed by atoms with Crippen molar-refractivity contribution in [2.24, 2.45) is 5.41 Å². The molecule has 2 saturated carbocycles. The molecule has 1 spiro atoms. The summed E-state index contributed by atoms with van der Waals surface area (Å²) in [6.45, 7) is 5.97. The zero-order valence-corrected chi connectivity index (χ0v) is 12.2. The van der Waals surface area contributed by atoms with Gasteiger partial charge in [0.15, 0.2) is 0 Å². The van der Waals surface area contributed by atoms with Crippen LogP contribution in [0.5, 0.6) is 0 Å². The summed E-state index contributed by atoms with van der Waals surface area (Å²) in [5.74, 6) is 0.125. The Hall–Kier alpha value is -0.610. The third kappa shape index (κ3) is 3.11. The number of hydrogen-bond donors (Lipinski definition) is 1. The van der Waals surface area contributed by atoms with Gasteiger partial charge in [0.05, 0.1) is 12.7 Å². The Morgan fingerprint density at radius 2 is 2.00 bits per heavy atom. The van der Waals surface area contributed by atoms with Crippen LogP contribution in [-0.4, -0.2) is 37.9 Å². The summed E-state index contributed by atoms with van der Waals surface area (Å²) in [5, 5.41) is 3.20. The zero-order valence-electron chi connectivity index (χ0n) is 12.2. The average Bonchev–Trinajstić information content (AvgIpc) is 2.90. The molecule has 4 heteroatoms. The fourth-order valence-corrected chi connectivity index (χ4v) is 3.66. The van der Waals surface area contributed by atoms with E-state index in [0.29, 0.717) is 31.8 Å². The Morgan fingerprint density at radius 3 is 2.63 bits per heavy atom. The Kier molecular flexibility index (Phi) is 5.22. The van der Waals surface area contributed by atoms with Crippen molar-refractivity contribution in [1.29, 1.82) is 0 Å². The fourth-order valence-electron chi connectivity index (χ4n) is 3.66. The largest absolute Gasteiger partial charge is 0.381 e. The van der Waals surface area contributed by atoms with E-state index in [1.54, 1.807) is 0 Å². The van der Waals surface area contributed by atoms with Gasteiger partial charge in [-0.05, 0) is 33.1 Å². The quantitative estimate of drug-likeness (QED) is 0.721. The molecule has 1 amide bonds. The molecule has 110 valence electrons. The van der Waals surface area contributed by atoms with Crippen LogP contribution in [-0.2, 0) is 14.3 Å². The number of carbonyl (C=O) groups is 1. The van der Waals surface area contributed by atoms with Crippen LogP contribution in [0.4, 0.5) is 0 Å². The van der Waals surface area contributed by atoms with Crippen LogP contribution in [0.1, 0.15) is 52.4 Å². The van der Waals surface area contributed by atoms with Gasteiger partial charge in [-0.15, -0.1) is 0 Å². The predicted octanol–water partition coefficient (Wildman–Crippen LogP) is 2.27. The summed E-state index contributed by atoms with van der Waals surface area (Å²) in [6, 6.07) is 0.320. The molecule has 2 fully saturated rings. The number of carbonyl (C=O) groups excluding carboxylic acids is 1. The molecule has 0 bridgehead atoms. The summed E-state index contributed by atoms with van der Waals surface area (Å²) >= 11 is 0. The minimum atomic E-state index is 0.125. The molecule has 2 aliphatic rings. The number of ether oxygens (including phenoxy) is 2. The highest BCUT2D eigenvalue weighted by Gasteiger charge is 2.57. The van der Waals surface area contributed by atoms with Crippen LogP contribution in [0.3, 0.4) is 0 Å². The van der Waals surface area contributed by atoms with E-state index >= 15 is 0 Å². The van der Waals surface area contributed by atoms with E-state index in [1.165, 1.54) is 25.7 Å². The lowest BCUT2D eigenvalue weighted by molar-refractivity contribution is -0.144. The highest BCUT2D eigenvalue weighted by molar-refractivity contribution is 5.76. The molecule has 0 aromatic rings. The molecule has 19 heavy (non-hydrogen) atoms. The second-order valence-electron chi connectivity index (χ2n) is 5.69. The van der Waals surface area contributed by atoms with Gasteiger partial charge >= 0.3 is 0 Å². The predicted molar refractivity (Wildman–Crippen MR) is 74.0 cm³/mol. The van der Waals surface area contributed by atoms with Gasteiger partial charge in [-0.3, -0.25) is 4.79 Å². The standard InChI is InChI=1S/C15H27NO3/c1-3-18-10-7-14(17)16-12-11-13(19-4-2)15(12)8-5-6-9-15/h12-13H,3-11H2,1-2H3,(H,16,17)/t12-,13+/m0/s1. The van der Waals surface area contributed by atoms with Crippen molar-refractivity contribution >= 4 is 5.91 Å². The van der Waals surface area contributed by atoms with E-state index in [-0.39, 0.29) is 11.3 Å². The molecule has 2 aliphatic carbocycles. The van der Waals surface area contributed by atoms with Crippen molar-refractivity contribution in [2.75, 3.05) is 19.8 Å². The molecule has 0 aromatic carbocycles. The molecular weight excluding hydrogens is 242 g/mol. The SMILES string of the molecule is CCOCCC(=O)N[C@H]1C[C@@H](OCC)C12CCCC2. The van der Waals surface area contributed by atoms with Gasteiger partial charge < -0.3 is 14.8 Å². The summed E-state index contributed by atoms with van der Waals surface area (Å²) in [7, 11) is 0. The van der Waals surface area contributed by atoms with Crippen LogP contribution in [0.25, 0.3) is 0 Å². The Bertz CT molecular complexity index is 300. The van der Waals surface area contributed by atoms with Crippen molar-refractivity contribution in [3.63, 3.8) is 0 Å². The van der Waals surface area contributed by atoms with E-state index in [0.717, 1.165) is 13.0 Å². The molecule has 0 saturated heterocycles. The smallest absolute Gasteiger partial charge is 0.222 e. The molecule has 0 radical (unpaired) electrons. The normalized spacial score (nSPS) is 28.3. The summed E-state index contributed by atoms with van der Waals surface area (Å²) in [4.78, 5) is 11.9. The average molecular weight is 269 g/mol. The van der Waals surface area contributed by atoms with Crippen molar-refractivity contribution in [2.45, 2.75) is 64.5 Å². The topological polar surface area (TPSA) is 47.6 Å². The highest BCUT2D eigenvalue weighted by atomic mass is 16.5. The van der Waals surface area contributed by atoms with E-state index in [2.05, 4.69) is 12.2 Å². The maximum absolute atomic E-state index is 11.9. The monoisotopic (exact) mass is 269 g/mol. The second-order valence-corrected chi connectivity index (χ2v) is 5.69. The van der Waals surface area contributed by atoms with Gasteiger partial charge in [-0.25, -0.2) is 0 Å². The van der Waals surface area contributed by atoms with E-state index < -0.39 is 0 Å². The first-order valence-corrected chi connectivity index (χ1v) is 7.71. The number of rotatable bonds is 7. The van der Waals surface area contributed by atoms with Gasteiger partial charge in [0, 0.05) is 31.1 Å². The Labute approximate surface area is 116 Å². The first kappa shape index (κ1) is 14.8. The van der Waals surface area contributed by atoms with Gasteiger partial charge in [0.1, 0.15) is 0 Å². The van der Waals surface area contributed by atoms with E-state index in [9.17, 15) is 4.79 Å². The van der Waals surface area contributed by atoms with Crippen molar-refractivity contribution in [3.8, 4) is 0 Å². The molecule has 1 N–H and O–H groups in total. The molecule has 0 aliphatic heterocycles. The molecule has 0 unspecified atom stereocenters. The van der Waals surface area contributed by atoms with Crippen LogP contribution >= 0.6 is 0 Å². The van der Waals surface area contributed by atoms with E-state index in [4.69, 9.17) is 9.47 Å². The summed E-state index contributed by atoms with van der Waals surface area (Å²) in [6.07, 6.45) is 6.76. The Morgan fingerprint density at radius 1 is 1.26 bits per heavy atom. The lowest BCUT2D eigenvalue weighted by atomic mass is 9.60. The molecule has 4 nitrogen and oxygen atoms in total. The third-order valence-electron chi connectivity index (χ3n) is 4.70. The van der Waals surface area contributed by atoms with Crippen LogP contribution in [0, 0.1) is 5.41 Å². The number of nitrogens with one attached hydrogen (secondary N) is 1. The first-order chi connectivity index (χ1) is 9.23. The van der Waals surface area contributed by atoms with Crippen molar-refractivity contribution in [1.82, 2.24) is 5.32 Å². The number of amides is 1. The van der Waals surface area contributed by atoms with Gasteiger partial charge in [0.2, 0.25) is 5.91 Å². The zero-order chi connectivity index (χ0) is 13.7. The van der Waals surface area contributed by atoms with Crippen LogP contribution in [0.15, 0.2) is 0 Å². The highest BCUT2D eigenvalue weighted by Crippen LogP contribution is 2.54. The molecular formula is C15H27NO3. The third-order valence-corrected chi connectivity index (χ3v) is 4.70. The maximum atomic E-state index is 11.9. The summed E-state index contributed by atoms with van der Waals surface area (Å²) in [5.41, 5.74) is 0.233. The van der Waals surface area contributed by atoms with Gasteiger partial charge in [-0.2, -0.15) is 0 Å². The molecule has 2 rings (SSSR count). The van der Waals surface area contributed by atoms with Crippen LogP contribution in [0.2, 0.25) is 0 Å². The first-order valence-electron chi connectivity index (χ1n) is 7.71. The van der Waals surface area contributed by atoms with Gasteiger partial charge in [0.25, 0.3) is 0 Å². The lowest BCUT2D eigenvalue weighted by Crippen LogP contribution is -2.63. The molecule has 0 heterocycles. The van der Waals surface area contributed by atoms with Gasteiger partial charge in [-0.1, -0.05) is 12.8 Å². The molecule has 2 atom stereocenters. The lowest BCUT2D eigenvalue weighted by Gasteiger charge is -2.54. The van der Waals surface area contributed by atoms with Crippen molar-refractivity contribution < 1.29 is 14.3 Å². The Balaban J connectivity index is 1.82. The number of hydrogen-bond acceptors (Lipinski definition) is 3. The maximum Gasteiger partial charge on any atom is 0.222 e. The van der Waals surface area contributed by atoms with Crippen LogP contribution < -0.4 is 5.32 Å². The second kappa shape index (κ2) is 6.71. The van der Waals surface area contributed by atoms with Crippen molar-refractivity contribution in [3.05, 3.63) is 0 Å². The summed E-state index contributed by atoms with van der Waals surface area (Å²) < 4.78 is 11.1. The fraction of sp³-hybridized carbons (Fsp3) is 0.933.